The lowest BCUT2D eigenvalue weighted by Crippen LogP contribution is -2.38. The summed E-state index contributed by atoms with van der Waals surface area (Å²) in [5, 5.41) is 0. The molecule has 0 aromatic carbocycles. The maximum Gasteiger partial charge on any atom is 0.0454 e. The highest BCUT2D eigenvalue weighted by molar-refractivity contribution is 4.98. The molecular formula is C13H22N2. The number of nitrogens with one attached hydrogen (secondary N) is 1. The first-order valence-electron chi connectivity index (χ1n) is 6.17. The first-order valence-corrected chi connectivity index (χ1v) is 6.17. The molecule has 84 valence electrons. The van der Waals surface area contributed by atoms with E-state index in [4.69, 9.17) is 0 Å². The quantitative estimate of drug-likeness (QED) is 0.803. The fourth-order valence-electron chi connectivity index (χ4n) is 2.73. The zero-order valence-corrected chi connectivity index (χ0v) is 9.82. The third-order valence-corrected chi connectivity index (χ3v) is 3.60. The van der Waals surface area contributed by atoms with E-state index in [0.29, 0.717) is 6.04 Å². The Labute approximate surface area is 92.6 Å². The minimum Gasteiger partial charge on any atom is -0.323 e. The molecular weight excluding hydrogens is 184 g/mol. The molecule has 1 aliphatic rings. The summed E-state index contributed by atoms with van der Waals surface area (Å²) in [6.07, 6.45) is 9.67. The molecule has 2 atom stereocenters. The van der Waals surface area contributed by atoms with Crippen LogP contribution in [0.3, 0.4) is 0 Å². The third kappa shape index (κ3) is 2.55. The minimum atomic E-state index is 0.658. The fourth-order valence-corrected chi connectivity index (χ4v) is 2.73. The SMILES string of the molecule is CC(C)C1CCCCC1Nn1cccc1. The van der Waals surface area contributed by atoms with E-state index < -0.39 is 0 Å². The van der Waals surface area contributed by atoms with Crippen LogP contribution in [0.5, 0.6) is 0 Å². The highest BCUT2D eigenvalue weighted by Gasteiger charge is 2.27. The van der Waals surface area contributed by atoms with Gasteiger partial charge in [0.2, 0.25) is 0 Å². The summed E-state index contributed by atoms with van der Waals surface area (Å²) in [5.74, 6) is 1.62. The Morgan fingerprint density at radius 3 is 2.47 bits per heavy atom. The van der Waals surface area contributed by atoms with Crippen LogP contribution in [0.1, 0.15) is 39.5 Å². The summed E-state index contributed by atoms with van der Waals surface area (Å²) in [5.41, 5.74) is 3.61. The van der Waals surface area contributed by atoms with Crippen LogP contribution in [0.4, 0.5) is 0 Å². The first kappa shape index (κ1) is 10.6. The predicted molar refractivity (Wildman–Crippen MR) is 64.4 cm³/mol. The molecule has 0 amide bonds. The lowest BCUT2D eigenvalue weighted by molar-refractivity contribution is 0.243. The van der Waals surface area contributed by atoms with Crippen LogP contribution in [0.15, 0.2) is 24.5 Å². The molecule has 15 heavy (non-hydrogen) atoms. The summed E-state index contributed by atoms with van der Waals surface area (Å²) in [7, 11) is 0. The molecule has 1 N–H and O–H groups in total. The van der Waals surface area contributed by atoms with Gasteiger partial charge in [0.25, 0.3) is 0 Å². The highest BCUT2D eigenvalue weighted by atomic mass is 15.4. The maximum atomic E-state index is 3.61. The van der Waals surface area contributed by atoms with E-state index in [-0.39, 0.29) is 0 Å². The number of rotatable bonds is 3. The number of hydrogen-bond acceptors (Lipinski definition) is 1. The molecule has 2 heteroatoms. The average molecular weight is 206 g/mol. The Morgan fingerprint density at radius 2 is 1.80 bits per heavy atom. The van der Waals surface area contributed by atoms with Gasteiger partial charge in [-0.25, -0.2) is 0 Å². The predicted octanol–water partition coefficient (Wildman–Crippen LogP) is 3.25. The monoisotopic (exact) mass is 206 g/mol. The summed E-state index contributed by atoms with van der Waals surface area (Å²) in [6, 6.07) is 4.80. The largest absolute Gasteiger partial charge is 0.323 e. The van der Waals surface area contributed by atoms with E-state index in [0.717, 1.165) is 11.8 Å². The van der Waals surface area contributed by atoms with Gasteiger partial charge in [-0.2, -0.15) is 0 Å². The van der Waals surface area contributed by atoms with Crippen LogP contribution in [-0.2, 0) is 0 Å². The number of hydrogen-bond donors (Lipinski definition) is 1. The molecule has 2 nitrogen and oxygen atoms in total. The smallest absolute Gasteiger partial charge is 0.0454 e. The Kier molecular flexibility index (Phi) is 3.34. The molecule has 1 fully saturated rings. The molecule has 1 aliphatic carbocycles. The van der Waals surface area contributed by atoms with E-state index in [1.165, 1.54) is 25.7 Å². The molecule has 2 rings (SSSR count). The van der Waals surface area contributed by atoms with Gasteiger partial charge < -0.3 is 5.43 Å². The van der Waals surface area contributed by atoms with Crippen LogP contribution in [0.2, 0.25) is 0 Å². The second-order valence-corrected chi connectivity index (χ2v) is 5.02. The van der Waals surface area contributed by atoms with E-state index in [9.17, 15) is 0 Å². The lowest BCUT2D eigenvalue weighted by Gasteiger charge is -2.35. The van der Waals surface area contributed by atoms with Gasteiger partial charge in [-0.1, -0.05) is 26.7 Å². The van der Waals surface area contributed by atoms with Crippen molar-refractivity contribution in [2.24, 2.45) is 11.8 Å². The normalized spacial score (nSPS) is 26.9. The Morgan fingerprint density at radius 1 is 1.13 bits per heavy atom. The van der Waals surface area contributed by atoms with Crippen molar-refractivity contribution in [3.8, 4) is 0 Å². The Bertz CT molecular complexity index is 277. The van der Waals surface area contributed by atoms with Crippen LogP contribution in [0.25, 0.3) is 0 Å². The van der Waals surface area contributed by atoms with E-state index in [1.54, 1.807) is 0 Å². The zero-order chi connectivity index (χ0) is 10.7. The van der Waals surface area contributed by atoms with Gasteiger partial charge in [-0.15, -0.1) is 0 Å². The molecule has 1 aromatic heterocycles. The Balaban J connectivity index is 1.99. The average Bonchev–Trinajstić information content (AvgIpc) is 2.71. The molecule has 0 saturated heterocycles. The van der Waals surface area contributed by atoms with Gasteiger partial charge in [0.05, 0.1) is 0 Å². The van der Waals surface area contributed by atoms with Crippen molar-refractivity contribution in [2.45, 2.75) is 45.6 Å². The van der Waals surface area contributed by atoms with Crippen molar-refractivity contribution >= 4 is 0 Å². The molecule has 0 bridgehead atoms. The van der Waals surface area contributed by atoms with Crippen molar-refractivity contribution in [3.63, 3.8) is 0 Å². The first-order chi connectivity index (χ1) is 7.27. The van der Waals surface area contributed by atoms with Crippen molar-refractivity contribution in [2.75, 3.05) is 5.43 Å². The summed E-state index contributed by atoms with van der Waals surface area (Å²) in [4.78, 5) is 0. The Hall–Kier alpha value is -0.920. The second-order valence-electron chi connectivity index (χ2n) is 5.02. The van der Waals surface area contributed by atoms with Crippen molar-refractivity contribution in [3.05, 3.63) is 24.5 Å². The fraction of sp³-hybridized carbons (Fsp3) is 0.692. The van der Waals surface area contributed by atoms with Crippen LogP contribution in [-0.4, -0.2) is 10.7 Å². The molecule has 0 spiro atoms. The van der Waals surface area contributed by atoms with Gasteiger partial charge in [0.1, 0.15) is 0 Å². The molecule has 1 saturated carbocycles. The van der Waals surface area contributed by atoms with Gasteiger partial charge in [0.15, 0.2) is 0 Å². The van der Waals surface area contributed by atoms with Crippen molar-refractivity contribution < 1.29 is 0 Å². The number of nitrogens with zero attached hydrogens (tertiary/aromatic N) is 1. The molecule has 1 heterocycles. The van der Waals surface area contributed by atoms with Crippen LogP contribution >= 0.6 is 0 Å². The van der Waals surface area contributed by atoms with E-state index >= 15 is 0 Å². The minimum absolute atomic E-state index is 0.658. The van der Waals surface area contributed by atoms with Crippen molar-refractivity contribution in [1.29, 1.82) is 0 Å². The summed E-state index contributed by atoms with van der Waals surface area (Å²) < 4.78 is 2.10. The van der Waals surface area contributed by atoms with E-state index in [2.05, 4.69) is 48.5 Å². The van der Waals surface area contributed by atoms with Crippen LogP contribution in [0, 0.1) is 11.8 Å². The van der Waals surface area contributed by atoms with E-state index in [1.807, 2.05) is 0 Å². The van der Waals surface area contributed by atoms with Gasteiger partial charge in [-0.3, -0.25) is 4.68 Å². The van der Waals surface area contributed by atoms with Gasteiger partial charge in [-0.05, 0) is 36.8 Å². The van der Waals surface area contributed by atoms with Crippen molar-refractivity contribution in [1.82, 2.24) is 4.68 Å². The highest BCUT2D eigenvalue weighted by Crippen LogP contribution is 2.30. The topological polar surface area (TPSA) is 17.0 Å². The second kappa shape index (κ2) is 4.73. The molecule has 0 aliphatic heterocycles. The molecule has 1 aromatic rings. The zero-order valence-electron chi connectivity index (χ0n) is 9.82. The third-order valence-electron chi connectivity index (χ3n) is 3.60. The van der Waals surface area contributed by atoms with Crippen LogP contribution < -0.4 is 5.43 Å². The van der Waals surface area contributed by atoms with Gasteiger partial charge in [0, 0.05) is 18.4 Å². The van der Waals surface area contributed by atoms with Gasteiger partial charge >= 0.3 is 0 Å². The summed E-state index contributed by atoms with van der Waals surface area (Å²) >= 11 is 0. The summed E-state index contributed by atoms with van der Waals surface area (Å²) in [6.45, 7) is 4.70. The molecule has 2 unspecified atom stereocenters. The lowest BCUT2D eigenvalue weighted by atomic mass is 9.78. The maximum absolute atomic E-state index is 3.61. The standard InChI is InChI=1S/C13H22N2/c1-11(2)12-7-3-4-8-13(12)14-15-9-5-6-10-15/h5-6,9-14H,3-4,7-8H2,1-2H3. The number of aromatic nitrogens is 1. The molecule has 0 radical (unpaired) electrons.